The van der Waals surface area contributed by atoms with Crippen molar-refractivity contribution < 1.29 is 22.4 Å². The van der Waals surface area contributed by atoms with E-state index in [1.54, 1.807) is 12.1 Å². The van der Waals surface area contributed by atoms with Gasteiger partial charge in [0.25, 0.3) is 0 Å². The molecule has 10 heteroatoms. The van der Waals surface area contributed by atoms with E-state index in [0.29, 0.717) is 12.8 Å². The van der Waals surface area contributed by atoms with Crippen LogP contribution in [0.15, 0.2) is 30.3 Å². The van der Waals surface area contributed by atoms with Crippen molar-refractivity contribution in [2.45, 2.75) is 42.8 Å². The largest absolute Gasteiger partial charge is 0.435 e. The molecule has 1 aromatic heterocycles. The summed E-state index contributed by atoms with van der Waals surface area (Å²) in [7, 11) is 5.35. The number of nitrogens with one attached hydrogen (secondary N) is 1. The predicted octanol–water partition coefficient (Wildman–Crippen LogP) is 3.92. The van der Waals surface area contributed by atoms with Gasteiger partial charge >= 0.3 is 12.2 Å². The minimum atomic E-state index is -4.58. The van der Waals surface area contributed by atoms with Gasteiger partial charge in [0.1, 0.15) is 11.6 Å². The van der Waals surface area contributed by atoms with Gasteiger partial charge in [-0.05, 0) is 57.5 Å². The molecule has 2 amide bonds. The summed E-state index contributed by atoms with van der Waals surface area (Å²) >= 11 is 0. The molecule has 1 aromatic carbocycles. The highest BCUT2D eigenvalue weighted by Crippen LogP contribution is 2.46. The van der Waals surface area contributed by atoms with Gasteiger partial charge in [-0.3, -0.25) is 9.58 Å². The minimum Gasteiger partial charge on any atom is -0.330 e. The number of hydrogen-bond donors (Lipinski definition) is 1. The summed E-state index contributed by atoms with van der Waals surface area (Å²) < 4.78 is 54.3. The molecule has 2 aromatic rings. The van der Waals surface area contributed by atoms with E-state index < -0.39 is 23.4 Å². The van der Waals surface area contributed by atoms with Gasteiger partial charge in [-0.15, -0.1) is 0 Å². The Balaban J connectivity index is 1.56. The Bertz CT molecular complexity index is 1010. The van der Waals surface area contributed by atoms with Crippen LogP contribution < -0.4 is 10.2 Å². The standard InChI is InChI=1S/C22H27F4N5O/c1-29(2)13-20(15-5-4-6-16(23)11-15)7-9-21(10-8-20)14-31(19(32)27-21)18-12-17(22(24,25)26)28-30(18)3/h4-6,11-12H,7-10,13-14H2,1-3H3,(H,27,32). The first kappa shape index (κ1) is 22.6. The molecule has 1 saturated carbocycles. The van der Waals surface area contributed by atoms with Crippen molar-refractivity contribution in [3.63, 3.8) is 0 Å². The molecular formula is C22H27F4N5O. The molecule has 0 atom stereocenters. The average molecular weight is 453 g/mol. The Morgan fingerprint density at radius 2 is 1.84 bits per heavy atom. The number of urea groups is 1. The number of nitrogens with zero attached hydrogens (tertiary/aromatic N) is 4. The molecule has 4 rings (SSSR count). The maximum Gasteiger partial charge on any atom is 0.435 e. The number of aromatic nitrogens is 2. The van der Waals surface area contributed by atoms with Crippen molar-refractivity contribution in [2.24, 2.45) is 7.05 Å². The molecule has 1 spiro atoms. The Morgan fingerprint density at radius 3 is 2.41 bits per heavy atom. The Morgan fingerprint density at radius 1 is 1.16 bits per heavy atom. The number of carbonyl (C=O) groups is 1. The molecule has 0 unspecified atom stereocenters. The van der Waals surface area contributed by atoms with Gasteiger partial charge in [0.15, 0.2) is 5.69 Å². The lowest BCUT2D eigenvalue weighted by Crippen LogP contribution is -2.52. The van der Waals surface area contributed by atoms with Crippen molar-refractivity contribution in [3.8, 4) is 0 Å². The fourth-order valence-electron chi connectivity index (χ4n) is 5.19. The number of likely N-dealkylation sites (N-methyl/N-ethyl adjacent to an activating group) is 1. The first-order valence-corrected chi connectivity index (χ1v) is 10.5. The quantitative estimate of drug-likeness (QED) is 0.714. The molecule has 174 valence electrons. The molecular weight excluding hydrogens is 426 g/mol. The Hall–Kier alpha value is -2.62. The van der Waals surface area contributed by atoms with Crippen LogP contribution in [0.1, 0.15) is 36.9 Å². The number of benzene rings is 1. The maximum absolute atomic E-state index is 14.0. The monoisotopic (exact) mass is 453 g/mol. The zero-order chi connectivity index (χ0) is 23.3. The van der Waals surface area contributed by atoms with Gasteiger partial charge in [0.2, 0.25) is 0 Å². The third-order valence-electron chi connectivity index (χ3n) is 6.72. The fraction of sp³-hybridized carbons (Fsp3) is 0.545. The molecule has 32 heavy (non-hydrogen) atoms. The predicted molar refractivity (Wildman–Crippen MR) is 112 cm³/mol. The number of alkyl halides is 3. The number of amides is 2. The molecule has 1 saturated heterocycles. The van der Waals surface area contributed by atoms with Crippen molar-refractivity contribution in [1.82, 2.24) is 20.0 Å². The SMILES string of the molecule is CN(C)CC1(c2cccc(F)c2)CCC2(CC1)CN(c1cc(C(F)(F)F)nn1C)C(=O)N2. The molecule has 2 aliphatic rings. The zero-order valence-corrected chi connectivity index (χ0v) is 18.3. The molecule has 1 aliphatic carbocycles. The first-order chi connectivity index (χ1) is 14.9. The van der Waals surface area contributed by atoms with Gasteiger partial charge in [-0.25, -0.2) is 9.18 Å². The van der Waals surface area contributed by atoms with Crippen LogP contribution >= 0.6 is 0 Å². The van der Waals surface area contributed by atoms with E-state index in [9.17, 15) is 22.4 Å². The van der Waals surface area contributed by atoms with E-state index in [2.05, 4.69) is 15.3 Å². The van der Waals surface area contributed by atoms with E-state index in [-0.39, 0.29) is 23.6 Å². The molecule has 2 heterocycles. The summed E-state index contributed by atoms with van der Waals surface area (Å²) in [5, 5.41) is 6.55. The van der Waals surface area contributed by atoms with E-state index in [1.165, 1.54) is 18.0 Å². The van der Waals surface area contributed by atoms with Crippen LogP contribution in [0.5, 0.6) is 0 Å². The molecule has 2 fully saturated rings. The van der Waals surface area contributed by atoms with Crippen LogP contribution in [0.25, 0.3) is 0 Å². The summed E-state index contributed by atoms with van der Waals surface area (Å²) in [6.45, 7) is 1.00. The highest BCUT2D eigenvalue weighted by Gasteiger charge is 2.50. The van der Waals surface area contributed by atoms with Crippen LogP contribution in [0.4, 0.5) is 28.2 Å². The van der Waals surface area contributed by atoms with Crippen LogP contribution in [-0.4, -0.2) is 53.4 Å². The summed E-state index contributed by atoms with van der Waals surface area (Å²) in [4.78, 5) is 16.2. The average Bonchev–Trinajstić information content (AvgIpc) is 3.23. The molecule has 1 N–H and O–H groups in total. The molecule has 0 bridgehead atoms. The highest BCUT2D eigenvalue weighted by atomic mass is 19.4. The normalized spacial score (nSPS) is 26.2. The van der Waals surface area contributed by atoms with Crippen molar-refractivity contribution in [2.75, 3.05) is 32.1 Å². The third kappa shape index (κ3) is 4.07. The molecule has 0 radical (unpaired) electrons. The first-order valence-electron chi connectivity index (χ1n) is 10.5. The zero-order valence-electron chi connectivity index (χ0n) is 18.3. The van der Waals surface area contributed by atoms with Gasteiger partial charge < -0.3 is 10.2 Å². The topological polar surface area (TPSA) is 53.4 Å². The maximum atomic E-state index is 14.0. The second-order valence-corrected chi connectivity index (χ2v) is 9.33. The third-order valence-corrected chi connectivity index (χ3v) is 6.72. The van der Waals surface area contributed by atoms with Crippen molar-refractivity contribution in [3.05, 3.63) is 47.4 Å². The van der Waals surface area contributed by atoms with E-state index in [1.807, 2.05) is 20.2 Å². The van der Waals surface area contributed by atoms with Crippen LogP contribution in [0.3, 0.4) is 0 Å². The number of carbonyl (C=O) groups excluding carboxylic acids is 1. The van der Waals surface area contributed by atoms with Crippen LogP contribution in [-0.2, 0) is 18.6 Å². The fourth-order valence-corrected chi connectivity index (χ4v) is 5.19. The lowest BCUT2D eigenvalue weighted by atomic mass is 9.64. The van der Waals surface area contributed by atoms with E-state index in [4.69, 9.17) is 0 Å². The smallest absolute Gasteiger partial charge is 0.330 e. The lowest BCUT2D eigenvalue weighted by Gasteiger charge is -2.46. The van der Waals surface area contributed by atoms with Gasteiger partial charge in [0.05, 0.1) is 12.1 Å². The van der Waals surface area contributed by atoms with Crippen molar-refractivity contribution >= 4 is 11.8 Å². The second-order valence-electron chi connectivity index (χ2n) is 9.33. The number of anilines is 1. The van der Waals surface area contributed by atoms with Crippen LogP contribution in [0, 0.1) is 5.82 Å². The van der Waals surface area contributed by atoms with Gasteiger partial charge in [-0.1, -0.05) is 12.1 Å². The number of halogens is 4. The minimum absolute atomic E-state index is 0.113. The van der Waals surface area contributed by atoms with Gasteiger partial charge in [-0.2, -0.15) is 18.3 Å². The van der Waals surface area contributed by atoms with E-state index >= 15 is 0 Å². The van der Waals surface area contributed by atoms with E-state index in [0.717, 1.165) is 35.7 Å². The summed E-state index contributed by atoms with van der Waals surface area (Å²) in [6.07, 6.45) is -1.84. The second kappa shape index (κ2) is 7.75. The molecule has 6 nitrogen and oxygen atoms in total. The summed E-state index contributed by atoms with van der Waals surface area (Å²) in [6, 6.07) is 7.15. The highest BCUT2D eigenvalue weighted by molar-refractivity contribution is 5.94. The van der Waals surface area contributed by atoms with Crippen LogP contribution in [0.2, 0.25) is 0 Å². The number of hydrogen-bond acceptors (Lipinski definition) is 3. The Labute approximate surface area is 184 Å². The molecule has 1 aliphatic heterocycles. The van der Waals surface area contributed by atoms with Crippen molar-refractivity contribution in [1.29, 1.82) is 0 Å². The lowest BCUT2D eigenvalue weighted by molar-refractivity contribution is -0.141. The number of rotatable bonds is 4. The Kier molecular flexibility index (Phi) is 5.47. The summed E-state index contributed by atoms with van der Waals surface area (Å²) in [5.74, 6) is -0.167. The van der Waals surface area contributed by atoms with Gasteiger partial charge in [0, 0.05) is 25.1 Å². The summed E-state index contributed by atoms with van der Waals surface area (Å²) in [5.41, 5.74) is -0.888. The number of aryl methyl sites for hydroxylation is 1.